The molecule has 0 aliphatic carbocycles. The molecule has 0 radical (unpaired) electrons. The summed E-state index contributed by atoms with van der Waals surface area (Å²) in [6.07, 6.45) is 1.86. The molecule has 172 valence electrons. The summed E-state index contributed by atoms with van der Waals surface area (Å²) >= 11 is 3.63. The van der Waals surface area contributed by atoms with Crippen LogP contribution in [0.2, 0.25) is 0 Å². The molecule has 0 amide bonds. The number of rotatable bonds is 10. The highest BCUT2D eigenvalue weighted by molar-refractivity contribution is 14.1. The largest absolute Gasteiger partial charge is 0.482 e. The van der Waals surface area contributed by atoms with Crippen molar-refractivity contribution in [1.29, 1.82) is 0 Å². The fourth-order valence-electron chi connectivity index (χ4n) is 3.16. The summed E-state index contributed by atoms with van der Waals surface area (Å²) in [5.41, 5.74) is 1.30. The van der Waals surface area contributed by atoms with Gasteiger partial charge >= 0.3 is 11.9 Å². The maximum absolute atomic E-state index is 14.4. The number of halogens is 4. The number of carbonyl (C=O) groups is 1. The summed E-state index contributed by atoms with van der Waals surface area (Å²) in [6.45, 7) is -2.19. The fourth-order valence-corrected chi connectivity index (χ4v) is 4.90. The fraction of sp³-hybridized carbons (Fsp3) is 0.160. The average Bonchev–Trinajstić information content (AvgIpc) is 2.82. The van der Waals surface area contributed by atoms with Crippen LogP contribution < -0.4 is 4.74 Å². The lowest BCUT2D eigenvalue weighted by Crippen LogP contribution is -2.18. The Kier molecular flexibility index (Phi) is 8.85. The molecule has 33 heavy (non-hydrogen) atoms. The monoisotopic (exact) mass is 584 g/mol. The third-order valence-corrected chi connectivity index (χ3v) is 6.91. The Morgan fingerprint density at radius 2 is 1.76 bits per heavy atom. The van der Waals surface area contributed by atoms with E-state index in [9.17, 15) is 18.0 Å². The van der Waals surface area contributed by atoms with Crippen molar-refractivity contribution in [2.75, 3.05) is 19.0 Å². The first-order valence-electron chi connectivity index (χ1n) is 9.88. The molecule has 0 aromatic heterocycles. The Labute approximate surface area is 207 Å². The molecule has 1 N–H and O–H groups in total. The van der Waals surface area contributed by atoms with Gasteiger partial charge in [0.1, 0.15) is 5.75 Å². The van der Waals surface area contributed by atoms with Crippen molar-refractivity contribution in [2.24, 2.45) is 0 Å². The lowest BCUT2D eigenvalue weighted by Gasteiger charge is -2.19. The Bertz CT molecular complexity index is 1140. The molecular weight excluding hydrogens is 564 g/mol. The van der Waals surface area contributed by atoms with Gasteiger partial charge in [0.15, 0.2) is 13.3 Å². The summed E-state index contributed by atoms with van der Waals surface area (Å²) < 4.78 is 47.9. The molecule has 8 heteroatoms. The molecule has 0 saturated heterocycles. The van der Waals surface area contributed by atoms with Crippen molar-refractivity contribution >= 4 is 45.9 Å². The van der Waals surface area contributed by atoms with Gasteiger partial charge in [-0.15, -0.1) is 11.8 Å². The Morgan fingerprint density at radius 3 is 2.42 bits per heavy atom. The van der Waals surface area contributed by atoms with Crippen LogP contribution in [0, 0.1) is 3.57 Å². The molecule has 3 nitrogen and oxygen atoms in total. The third-order valence-electron chi connectivity index (χ3n) is 4.66. The number of carboxylic acids is 1. The highest BCUT2D eigenvalue weighted by Crippen LogP contribution is 2.37. The van der Waals surface area contributed by atoms with Gasteiger partial charge in [-0.05, 0) is 57.5 Å². The lowest BCUT2D eigenvalue weighted by molar-refractivity contribution is -0.139. The molecule has 0 aliphatic rings. The molecule has 0 saturated carbocycles. The van der Waals surface area contributed by atoms with Gasteiger partial charge in [0.25, 0.3) is 0 Å². The molecule has 3 aromatic carbocycles. The zero-order valence-electron chi connectivity index (χ0n) is 17.3. The van der Waals surface area contributed by atoms with E-state index in [-0.39, 0.29) is 5.56 Å². The second-order valence-corrected chi connectivity index (χ2v) is 9.18. The molecule has 0 aliphatic heterocycles. The lowest BCUT2D eigenvalue weighted by atomic mass is 9.91. The number of alkyl halides is 3. The number of benzene rings is 3. The predicted octanol–water partition coefficient (Wildman–Crippen LogP) is 7.04. The van der Waals surface area contributed by atoms with E-state index >= 15 is 0 Å². The van der Waals surface area contributed by atoms with E-state index in [1.54, 1.807) is 24.3 Å². The Hall–Kier alpha value is -2.46. The second-order valence-electron chi connectivity index (χ2n) is 6.95. The maximum atomic E-state index is 14.4. The smallest absolute Gasteiger partial charge is 0.341 e. The molecule has 0 fully saturated rings. The number of thioether (sulfide) groups is 1. The van der Waals surface area contributed by atoms with E-state index in [0.717, 1.165) is 14.0 Å². The average molecular weight is 584 g/mol. The van der Waals surface area contributed by atoms with Crippen molar-refractivity contribution in [1.82, 2.24) is 0 Å². The van der Waals surface area contributed by atoms with Gasteiger partial charge in [-0.1, -0.05) is 60.7 Å². The summed E-state index contributed by atoms with van der Waals surface area (Å²) in [4.78, 5) is 11.6. The van der Waals surface area contributed by atoms with Crippen LogP contribution in [0.3, 0.4) is 0 Å². The van der Waals surface area contributed by atoms with Crippen LogP contribution in [-0.2, 0) is 10.7 Å². The van der Waals surface area contributed by atoms with E-state index in [0.29, 0.717) is 22.6 Å². The van der Waals surface area contributed by atoms with Gasteiger partial charge in [0, 0.05) is 19.8 Å². The van der Waals surface area contributed by atoms with E-state index in [1.807, 2.05) is 42.5 Å². The van der Waals surface area contributed by atoms with E-state index in [2.05, 4.69) is 22.6 Å². The Balaban J connectivity index is 1.89. The summed E-state index contributed by atoms with van der Waals surface area (Å²) in [5.74, 6) is -3.71. The molecule has 0 unspecified atom stereocenters. The molecule has 0 atom stereocenters. The van der Waals surface area contributed by atoms with Crippen LogP contribution in [0.25, 0.3) is 5.57 Å². The van der Waals surface area contributed by atoms with E-state index in [4.69, 9.17) is 9.84 Å². The normalized spacial score (nSPS) is 11.9. The van der Waals surface area contributed by atoms with E-state index < -0.39 is 25.2 Å². The van der Waals surface area contributed by atoms with Gasteiger partial charge in [-0.25, -0.2) is 9.18 Å². The zero-order valence-corrected chi connectivity index (χ0v) is 20.3. The highest BCUT2D eigenvalue weighted by atomic mass is 127. The summed E-state index contributed by atoms with van der Waals surface area (Å²) in [5, 5.41) is 8.74. The van der Waals surface area contributed by atoms with Crippen molar-refractivity contribution in [3.05, 3.63) is 99.1 Å². The quantitative estimate of drug-likeness (QED) is 0.205. The van der Waals surface area contributed by atoms with Crippen molar-refractivity contribution in [3.63, 3.8) is 0 Å². The van der Waals surface area contributed by atoms with Crippen LogP contribution in [-0.4, -0.2) is 30.1 Å². The van der Waals surface area contributed by atoms with Crippen LogP contribution in [0.15, 0.2) is 83.8 Å². The topological polar surface area (TPSA) is 46.5 Å². The van der Waals surface area contributed by atoms with Gasteiger partial charge in [-0.2, -0.15) is 8.78 Å². The van der Waals surface area contributed by atoms with Crippen molar-refractivity contribution in [2.45, 2.75) is 10.8 Å². The predicted molar refractivity (Wildman–Crippen MR) is 133 cm³/mol. The molecular formula is C25H20F3IO3S. The number of hydrogen-bond donors (Lipinski definition) is 1. The van der Waals surface area contributed by atoms with Crippen molar-refractivity contribution in [3.8, 4) is 5.75 Å². The maximum Gasteiger partial charge on any atom is 0.341 e. The minimum Gasteiger partial charge on any atom is -0.482 e. The van der Waals surface area contributed by atoms with Gasteiger partial charge in [-0.3, -0.25) is 0 Å². The van der Waals surface area contributed by atoms with Crippen LogP contribution in [0.4, 0.5) is 13.2 Å². The molecule has 0 spiro atoms. The summed E-state index contributed by atoms with van der Waals surface area (Å²) in [7, 11) is 0. The first-order chi connectivity index (χ1) is 15.8. The number of ether oxygens (including phenoxy) is 1. The SMILES string of the molecule is O=C(O)COc1ccc(SC/C=C(/c2ccccc2)c2ccccc2C(F)(F)CF)c(I)c1. The molecule has 0 bridgehead atoms. The minimum absolute atomic E-state index is 0.291. The Morgan fingerprint density at radius 1 is 1.06 bits per heavy atom. The zero-order chi connectivity index (χ0) is 23.8. The van der Waals surface area contributed by atoms with Crippen LogP contribution >= 0.6 is 34.4 Å². The number of carboxylic acid groups (broad SMARTS) is 1. The van der Waals surface area contributed by atoms with Gasteiger partial charge in [0.2, 0.25) is 0 Å². The number of hydrogen-bond acceptors (Lipinski definition) is 3. The first kappa shape index (κ1) is 25.2. The van der Waals surface area contributed by atoms with E-state index in [1.165, 1.54) is 23.9 Å². The summed E-state index contributed by atoms with van der Waals surface area (Å²) in [6, 6.07) is 20.4. The van der Waals surface area contributed by atoms with Crippen LogP contribution in [0.1, 0.15) is 16.7 Å². The van der Waals surface area contributed by atoms with Gasteiger partial charge in [0.05, 0.1) is 0 Å². The first-order valence-corrected chi connectivity index (χ1v) is 11.9. The number of aliphatic carboxylic acids is 1. The standard InChI is InChI=1S/C25H20F3IO3S/c26-16-25(27,28)21-9-5-4-8-20(21)19(17-6-2-1-3-7-17)12-13-33-23-11-10-18(14-22(23)29)32-15-24(30)31/h1-12,14H,13,15-16H2,(H,30,31)/b19-12-. The van der Waals surface area contributed by atoms with Gasteiger partial charge < -0.3 is 9.84 Å². The minimum atomic E-state index is -3.58. The molecule has 3 aromatic rings. The van der Waals surface area contributed by atoms with Crippen molar-refractivity contribution < 1.29 is 27.8 Å². The molecule has 3 rings (SSSR count). The highest BCUT2D eigenvalue weighted by Gasteiger charge is 2.34. The van der Waals surface area contributed by atoms with Crippen LogP contribution in [0.5, 0.6) is 5.75 Å². The third kappa shape index (κ3) is 6.77. The molecule has 0 heterocycles. The second kappa shape index (κ2) is 11.6.